The topological polar surface area (TPSA) is 50.7 Å². The summed E-state index contributed by atoms with van der Waals surface area (Å²) in [5, 5.41) is 3.02. The van der Waals surface area contributed by atoms with E-state index < -0.39 is 5.60 Å². The number of ether oxygens (including phenoxy) is 1. The van der Waals surface area contributed by atoms with E-state index in [0.717, 1.165) is 31.2 Å². The van der Waals surface area contributed by atoms with Gasteiger partial charge in [0.25, 0.3) is 5.91 Å². The van der Waals surface area contributed by atoms with Gasteiger partial charge in [-0.25, -0.2) is 0 Å². The maximum atomic E-state index is 13.1. The molecule has 1 N–H and O–H groups in total. The van der Waals surface area contributed by atoms with Gasteiger partial charge in [0.2, 0.25) is 0 Å². The van der Waals surface area contributed by atoms with Crippen LogP contribution in [0, 0.1) is 0 Å². The van der Waals surface area contributed by atoms with Gasteiger partial charge in [0.1, 0.15) is 5.84 Å². The number of benzene rings is 1. The van der Waals surface area contributed by atoms with Crippen LogP contribution in [-0.2, 0) is 15.1 Å². The molecule has 0 aromatic heterocycles. The quantitative estimate of drug-likeness (QED) is 0.397. The molecule has 1 atom stereocenters. The highest BCUT2D eigenvalue weighted by atomic mass is 16.5. The average molecular weight is 373 g/mol. The summed E-state index contributed by atoms with van der Waals surface area (Å²) in [6, 6.07) is 10.1. The minimum Gasteiger partial charge on any atom is -0.361 e. The summed E-state index contributed by atoms with van der Waals surface area (Å²) in [5.41, 5.74) is -0.133. The summed E-state index contributed by atoms with van der Waals surface area (Å²) in [6.45, 7) is 6.44. The van der Waals surface area contributed by atoms with Crippen LogP contribution in [0.1, 0.15) is 84.1 Å². The minimum atomic E-state index is -1.01. The molecule has 1 aliphatic rings. The highest BCUT2D eigenvalue weighted by molar-refractivity contribution is 6.01. The third-order valence-corrected chi connectivity index (χ3v) is 5.39. The second-order valence-corrected chi connectivity index (χ2v) is 7.77. The number of amides is 1. The lowest BCUT2D eigenvalue weighted by Crippen LogP contribution is -2.46. The highest BCUT2D eigenvalue weighted by Crippen LogP contribution is 2.26. The number of unbranched alkanes of at least 4 members (excludes halogenated alkanes) is 1. The Morgan fingerprint density at radius 2 is 1.78 bits per heavy atom. The Hall–Kier alpha value is -1.68. The van der Waals surface area contributed by atoms with E-state index in [0.29, 0.717) is 18.5 Å². The molecule has 4 nitrogen and oxygen atoms in total. The molecule has 2 rings (SSSR count). The Morgan fingerprint density at radius 3 is 2.41 bits per heavy atom. The van der Waals surface area contributed by atoms with Gasteiger partial charge in [0.05, 0.1) is 6.04 Å². The van der Waals surface area contributed by atoms with Crippen LogP contribution in [0.2, 0.25) is 0 Å². The molecular weight excluding hydrogens is 336 g/mol. The van der Waals surface area contributed by atoms with Crippen LogP contribution in [0.3, 0.4) is 0 Å². The van der Waals surface area contributed by atoms with Crippen molar-refractivity contribution < 1.29 is 9.53 Å². The van der Waals surface area contributed by atoms with Crippen molar-refractivity contribution in [1.29, 1.82) is 0 Å². The first kappa shape index (κ1) is 21.6. The number of carbonyl (C=O) groups excluding carboxylic acids is 1. The number of nitrogens with one attached hydrogen (secondary N) is 1. The number of aliphatic imine (C=N–C) groups is 1. The molecule has 150 valence electrons. The second-order valence-electron chi connectivity index (χ2n) is 7.77. The second kappa shape index (κ2) is 11.2. The van der Waals surface area contributed by atoms with Crippen LogP contribution in [0.4, 0.5) is 0 Å². The SMILES string of the molecule is CCCCOC(C)(C(=O)NC(C)=NC1CCCCCCC1)c1ccccc1. The number of rotatable bonds is 7. The van der Waals surface area contributed by atoms with Crippen LogP contribution in [0.15, 0.2) is 35.3 Å². The summed E-state index contributed by atoms with van der Waals surface area (Å²) in [6.07, 6.45) is 10.6. The highest BCUT2D eigenvalue weighted by Gasteiger charge is 2.36. The Kier molecular flexibility index (Phi) is 8.99. The Bertz CT molecular complexity index is 592. The predicted octanol–water partition coefficient (Wildman–Crippen LogP) is 5.37. The van der Waals surface area contributed by atoms with E-state index >= 15 is 0 Å². The van der Waals surface area contributed by atoms with Crippen molar-refractivity contribution in [3.05, 3.63) is 35.9 Å². The fourth-order valence-electron chi connectivity index (χ4n) is 3.61. The molecule has 4 heteroatoms. The van der Waals surface area contributed by atoms with Crippen molar-refractivity contribution in [1.82, 2.24) is 5.32 Å². The fourth-order valence-corrected chi connectivity index (χ4v) is 3.61. The van der Waals surface area contributed by atoms with E-state index in [9.17, 15) is 4.79 Å². The molecule has 0 bridgehead atoms. The zero-order valence-corrected chi connectivity index (χ0v) is 17.3. The van der Waals surface area contributed by atoms with Gasteiger partial charge in [0, 0.05) is 6.61 Å². The number of carbonyl (C=O) groups is 1. The molecule has 0 saturated heterocycles. The van der Waals surface area contributed by atoms with Gasteiger partial charge in [-0.05, 0) is 38.7 Å². The Morgan fingerprint density at radius 1 is 1.15 bits per heavy atom. The molecule has 0 aliphatic heterocycles. The third kappa shape index (κ3) is 6.76. The van der Waals surface area contributed by atoms with Crippen molar-refractivity contribution in [2.75, 3.05) is 6.61 Å². The minimum absolute atomic E-state index is 0.142. The van der Waals surface area contributed by atoms with Crippen LogP contribution in [0.25, 0.3) is 0 Å². The van der Waals surface area contributed by atoms with Crippen molar-refractivity contribution in [3.8, 4) is 0 Å². The Labute approximate surface area is 164 Å². The summed E-state index contributed by atoms with van der Waals surface area (Å²) in [4.78, 5) is 17.9. The molecule has 1 aliphatic carbocycles. The van der Waals surface area contributed by atoms with E-state index in [2.05, 4.69) is 12.2 Å². The van der Waals surface area contributed by atoms with Gasteiger partial charge in [-0.15, -0.1) is 0 Å². The van der Waals surface area contributed by atoms with E-state index in [1.54, 1.807) is 0 Å². The number of hydrogen-bond donors (Lipinski definition) is 1. The molecule has 0 heterocycles. The average Bonchev–Trinajstić information content (AvgIpc) is 2.64. The van der Waals surface area contributed by atoms with E-state index in [4.69, 9.17) is 9.73 Å². The van der Waals surface area contributed by atoms with E-state index in [-0.39, 0.29) is 5.91 Å². The van der Waals surface area contributed by atoms with Crippen molar-refractivity contribution in [2.24, 2.45) is 4.99 Å². The number of nitrogens with zero attached hydrogens (tertiary/aromatic N) is 1. The molecule has 1 unspecified atom stereocenters. The fraction of sp³-hybridized carbons (Fsp3) is 0.652. The van der Waals surface area contributed by atoms with Gasteiger partial charge >= 0.3 is 0 Å². The standard InChI is InChI=1S/C23H36N2O2/c1-4-5-18-27-23(3,20-14-10-9-11-15-20)22(26)25-19(2)24-21-16-12-7-6-8-13-17-21/h9-11,14-15,21H,4-8,12-13,16-18H2,1-3H3,(H,24,25,26). The van der Waals surface area contributed by atoms with Crippen LogP contribution < -0.4 is 5.32 Å². The lowest BCUT2D eigenvalue weighted by atomic mass is 9.94. The monoisotopic (exact) mass is 372 g/mol. The number of hydrogen-bond acceptors (Lipinski definition) is 3. The molecule has 1 aromatic rings. The van der Waals surface area contributed by atoms with Crippen molar-refractivity contribution in [2.45, 2.75) is 90.2 Å². The lowest BCUT2D eigenvalue weighted by molar-refractivity contribution is -0.145. The number of amidine groups is 1. The van der Waals surface area contributed by atoms with Gasteiger partial charge in [-0.2, -0.15) is 0 Å². The smallest absolute Gasteiger partial charge is 0.261 e. The first-order valence-electron chi connectivity index (χ1n) is 10.6. The summed E-state index contributed by atoms with van der Waals surface area (Å²) in [7, 11) is 0. The molecule has 1 fully saturated rings. The molecular formula is C23H36N2O2. The molecule has 1 saturated carbocycles. The largest absolute Gasteiger partial charge is 0.361 e. The van der Waals surface area contributed by atoms with E-state index in [1.165, 1.54) is 32.1 Å². The molecule has 1 aromatic carbocycles. The molecule has 27 heavy (non-hydrogen) atoms. The zero-order valence-electron chi connectivity index (χ0n) is 17.3. The first-order valence-corrected chi connectivity index (χ1v) is 10.6. The molecule has 1 amide bonds. The third-order valence-electron chi connectivity index (χ3n) is 5.39. The first-order chi connectivity index (χ1) is 13.1. The van der Waals surface area contributed by atoms with Gasteiger partial charge in [-0.3, -0.25) is 9.79 Å². The van der Waals surface area contributed by atoms with Crippen LogP contribution in [-0.4, -0.2) is 24.4 Å². The van der Waals surface area contributed by atoms with Crippen molar-refractivity contribution in [3.63, 3.8) is 0 Å². The van der Waals surface area contributed by atoms with Gasteiger partial charge in [-0.1, -0.05) is 75.8 Å². The normalized spacial score (nSPS) is 19.0. The maximum absolute atomic E-state index is 13.1. The van der Waals surface area contributed by atoms with E-state index in [1.807, 2.05) is 44.2 Å². The lowest BCUT2D eigenvalue weighted by Gasteiger charge is -2.29. The summed E-state index contributed by atoms with van der Waals surface area (Å²) in [5.74, 6) is 0.559. The van der Waals surface area contributed by atoms with Gasteiger partial charge in [0.15, 0.2) is 5.60 Å². The predicted molar refractivity (Wildman–Crippen MR) is 112 cm³/mol. The Balaban J connectivity index is 2.08. The van der Waals surface area contributed by atoms with Crippen molar-refractivity contribution >= 4 is 11.7 Å². The zero-order chi connectivity index (χ0) is 19.5. The van der Waals surface area contributed by atoms with Crippen LogP contribution >= 0.6 is 0 Å². The molecule has 0 spiro atoms. The van der Waals surface area contributed by atoms with Crippen LogP contribution in [0.5, 0.6) is 0 Å². The maximum Gasteiger partial charge on any atom is 0.261 e. The molecule has 0 radical (unpaired) electrons. The summed E-state index contributed by atoms with van der Waals surface area (Å²) >= 11 is 0. The van der Waals surface area contributed by atoms with Gasteiger partial charge < -0.3 is 10.1 Å². The summed E-state index contributed by atoms with van der Waals surface area (Å²) < 4.78 is 6.08.